The summed E-state index contributed by atoms with van der Waals surface area (Å²) >= 11 is 1.34. The Bertz CT molecular complexity index is 810. The van der Waals surface area contributed by atoms with Crippen LogP contribution in [0.2, 0.25) is 0 Å². The summed E-state index contributed by atoms with van der Waals surface area (Å²) in [5.41, 5.74) is 0.782. The molecule has 0 spiro atoms. The Morgan fingerprint density at radius 1 is 1.11 bits per heavy atom. The van der Waals surface area contributed by atoms with Gasteiger partial charge in [0.25, 0.3) is 5.22 Å². The molecule has 1 heterocycles. The summed E-state index contributed by atoms with van der Waals surface area (Å²) in [4.78, 5) is 12.4. The standard InChI is InChI=1S/C21H24N2O3S/c1-25-17-4-2-16(3-5-17)18(24)12-27-20-23-22-19(26-20)21-9-13-6-14(10-21)8-15(7-13)11-21/h2-5,13-15H,6-12H2,1H3. The van der Waals surface area contributed by atoms with Crippen molar-refractivity contribution in [2.75, 3.05) is 12.9 Å². The molecule has 4 bridgehead atoms. The molecule has 0 amide bonds. The van der Waals surface area contributed by atoms with Crippen LogP contribution in [0.3, 0.4) is 0 Å². The first-order chi connectivity index (χ1) is 13.1. The molecule has 2 aromatic rings. The molecule has 27 heavy (non-hydrogen) atoms. The number of rotatable bonds is 6. The summed E-state index contributed by atoms with van der Waals surface area (Å²) in [5, 5.41) is 9.17. The van der Waals surface area contributed by atoms with E-state index in [1.165, 1.54) is 50.3 Å². The van der Waals surface area contributed by atoms with E-state index < -0.39 is 0 Å². The van der Waals surface area contributed by atoms with Gasteiger partial charge in [-0.1, -0.05) is 11.8 Å². The van der Waals surface area contributed by atoms with Crippen LogP contribution in [0.15, 0.2) is 33.9 Å². The van der Waals surface area contributed by atoms with Crippen LogP contribution in [-0.2, 0) is 5.41 Å². The van der Waals surface area contributed by atoms with Crippen LogP contribution in [0.1, 0.15) is 54.8 Å². The average Bonchev–Trinajstić information content (AvgIpc) is 3.15. The number of carbonyl (C=O) groups is 1. The molecule has 6 heteroatoms. The largest absolute Gasteiger partial charge is 0.497 e. The number of hydrogen-bond donors (Lipinski definition) is 0. The molecule has 142 valence electrons. The van der Waals surface area contributed by atoms with E-state index in [9.17, 15) is 4.79 Å². The van der Waals surface area contributed by atoms with Gasteiger partial charge < -0.3 is 9.15 Å². The second-order valence-corrected chi connectivity index (χ2v) is 9.44. The number of methoxy groups -OCH3 is 1. The smallest absolute Gasteiger partial charge is 0.277 e. The van der Waals surface area contributed by atoms with Gasteiger partial charge in [-0.05, 0) is 80.5 Å². The first kappa shape index (κ1) is 17.3. The monoisotopic (exact) mass is 384 g/mol. The maximum Gasteiger partial charge on any atom is 0.277 e. The zero-order valence-electron chi connectivity index (χ0n) is 15.5. The summed E-state index contributed by atoms with van der Waals surface area (Å²) in [6.45, 7) is 0. The maximum absolute atomic E-state index is 12.4. The van der Waals surface area contributed by atoms with Gasteiger partial charge in [0.2, 0.25) is 5.89 Å². The molecule has 5 nitrogen and oxygen atoms in total. The fraction of sp³-hybridized carbons (Fsp3) is 0.571. The van der Waals surface area contributed by atoms with Gasteiger partial charge in [0.1, 0.15) is 5.75 Å². The minimum absolute atomic E-state index is 0.0530. The quantitative estimate of drug-likeness (QED) is 0.539. The lowest BCUT2D eigenvalue weighted by Gasteiger charge is -2.55. The molecule has 1 aromatic heterocycles. The third kappa shape index (κ3) is 3.18. The van der Waals surface area contributed by atoms with Crippen LogP contribution in [0.25, 0.3) is 0 Å². The topological polar surface area (TPSA) is 65.2 Å². The molecule has 4 aliphatic rings. The van der Waals surface area contributed by atoms with E-state index >= 15 is 0 Å². The molecule has 4 aliphatic carbocycles. The molecular formula is C21H24N2O3S. The predicted octanol–water partition coefficient (Wildman–Crippen LogP) is 4.52. The lowest BCUT2D eigenvalue weighted by Crippen LogP contribution is -2.48. The summed E-state index contributed by atoms with van der Waals surface area (Å²) in [6.07, 6.45) is 7.80. The summed E-state index contributed by atoms with van der Waals surface area (Å²) in [6, 6.07) is 7.18. The molecule has 4 fully saturated rings. The van der Waals surface area contributed by atoms with Crippen molar-refractivity contribution in [1.29, 1.82) is 0 Å². The van der Waals surface area contributed by atoms with E-state index in [4.69, 9.17) is 9.15 Å². The van der Waals surface area contributed by atoms with Crippen molar-refractivity contribution in [1.82, 2.24) is 10.2 Å². The van der Waals surface area contributed by atoms with E-state index in [0.29, 0.717) is 16.5 Å². The van der Waals surface area contributed by atoms with Crippen molar-refractivity contribution >= 4 is 17.5 Å². The number of aromatic nitrogens is 2. The average molecular weight is 385 g/mol. The normalized spacial score (nSPS) is 31.2. The first-order valence-electron chi connectivity index (χ1n) is 9.77. The van der Waals surface area contributed by atoms with Gasteiger partial charge in [-0.25, -0.2) is 0 Å². The molecule has 0 radical (unpaired) electrons. The Morgan fingerprint density at radius 2 is 1.74 bits per heavy atom. The Balaban J connectivity index is 1.25. The molecule has 1 aromatic carbocycles. The van der Waals surface area contributed by atoms with Gasteiger partial charge in [-0.15, -0.1) is 10.2 Å². The van der Waals surface area contributed by atoms with Crippen LogP contribution in [0.4, 0.5) is 0 Å². The highest BCUT2D eigenvalue weighted by atomic mass is 32.2. The highest BCUT2D eigenvalue weighted by molar-refractivity contribution is 7.99. The summed E-state index contributed by atoms with van der Waals surface area (Å²) in [7, 11) is 1.61. The van der Waals surface area contributed by atoms with Crippen molar-refractivity contribution in [2.45, 2.75) is 49.2 Å². The minimum atomic E-state index is 0.0530. The van der Waals surface area contributed by atoms with Crippen molar-refractivity contribution in [3.05, 3.63) is 35.7 Å². The van der Waals surface area contributed by atoms with E-state index in [1.54, 1.807) is 31.4 Å². The van der Waals surface area contributed by atoms with Gasteiger partial charge in [-0.2, -0.15) is 0 Å². The number of Topliss-reactive ketones (excluding diaryl/α,β-unsaturated/α-hetero) is 1. The predicted molar refractivity (Wildman–Crippen MR) is 102 cm³/mol. The fourth-order valence-electron chi connectivity index (χ4n) is 5.84. The number of thioether (sulfide) groups is 1. The van der Waals surface area contributed by atoms with Crippen molar-refractivity contribution < 1.29 is 13.9 Å². The van der Waals surface area contributed by atoms with Crippen molar-refractivity contribution in [2.24, 2.45) is 17.8 Å². The lowest BCUT2D eigenvalue weighted by atomic mass is 9.49. The van der Waals surface area contributed by atoms with Crippen LogP contribution < -0.4 is 4.74 Å². The van der Waals surface area contributed by atoms with Gasteiger partial charge >= 0.3 is 0 Å². The summed E-state index contributed by atoms with van der Waals surface area (Å²) in [5.74, 6) is 4.45. The maximum atomic E-state index is 12.4. The molecule has 0 saturated heterocycles. The van der Waals surface area contributed by atoms with Gasteiger partial charge in [0, 0.05) is 11.0 Å². The van der Waals surface area contributed by atoms with E-state index in [1.807, 2.05) is 0 Å². The highest BCUT2D eigenvalue weighted by Crippen LogP contribution is 2.60. The number of nitrogens with zero attached hydrogens (tertiary/aromatic N) is 2. The zero-order chi connectivity index (χ0) is 18.4. The number of ether oxygens (including phenoxy) is 1. The second kappa shape index (κ2) is 6.66. The molecule has 0 atom stereocenters. The Morgan fingerprint density at radius 3 is 2.33 bits per heavy atom. The van der Waals surface area contributed by atoms with Crippen LogP contribution in [-0.4, -0.2) is 28.8 Å². The van der Waals surface area contributed by atoms with Crippen molar-refractivity contribution in [3.8, 4) is 5.75 Å². The SMILES string of the molecule is COc1ccc(C(=O)CSc2nnc(C34CC5CC(CC(C5)C3)C4)o2)cc1. The highest BCUT2D eigenvalue weighted by Gasteiger charge is 2.54. The van der Waals surface area contributed by atoms with E-state index in [0.717, 1.165) is 29.4 Å². The van der Waals surface area contributed by atoms with Crippen LogP contribution in [0, 0.1) is 17.8 Å². The Hall–Kier alpha value is -1.82. The zero-order valence-corrected chi connectivity index (χ0v) is 16.3. The molecule has 0 unspecified atom stereocenters. The summed E-state index contributed by atoms with van der Waals surface area (Å²) < 4.78 is 11.2. The van der Waals surface area contributed by atoms with E-state index in [2.05, 4.69) is 10.2 Å². The Labute approximate surface area is 163 Å². The Kier molecular flexibility index (Phi) is 4.26. The van der Waals surface area contributed by atoms with Gasteiger partial charge in [0.05, 0.1) is 12.9 Å². The number of benzene rings is 1. The number of carbonyl (C=O) groups excluding carboxylic acids is 1. The third-order valence-corrected chi connectivity index (χ3v) is 7.46. The minimum Gasteiger partial charge on any atom is -0.497 e. The second-order valence-electron chi connectivity index (χ2n) is 8.51. The fourth-order valence-corrected chi connectivity index (χ4v) is 6.50. The molecule has 6 rings (SSSR count). The van der Waals surface area contributed by atoms with Crippen molar-refractivity contribution in [3.63, 3.8) is 0 Å². The van der Waals surface area contributed by atoms with Gasteiger partial charge in [-0.3, -0.25) is 4.79 Å². The lowest BCUT2D eigenvalue weighted by molar-refractivity contribution is -0.0191. The molecular weight excluding hydrogens is 360 g/mol. The number of hydrogen-bond acceptors (Lipinski definition) is 6. The molecule has 0 aliphatic heterocycles. The first-order valence-corrected chi connectivity index (χ1v) is 10.8. The van der Waals surface area contributed by atoms with E-state index in [-0.39, 0.29) is 11.2 Å². The molecule has 4 saturated carbocycles. The third-order valence-electron chi connectivity index (χ3n) is 6.64. The van der Waals surface area contributed by atoms with Crippen LogP contribution >= 0.6 is 11.8 Å². The molecule has 0 N–H and O–H groups in total. The van der Waals surface area contributed by atoms with Crippen LogP contribution in [0.5, 0.6) is 5.75 Å². The number of ketones is 1. The van der Waals surface area contributed by atoms with Gasteiger partial charge in [0.15, 0.2) is 5.78 Å².